The Labute approximate surface area is 640 Å². The molecule has 0 fully saturated rings. The molecule has 20 nitrogen and oxygen atoms in total. The van der Waals surface area contributed by atoms with Crippen LogP contribution >= 0.6 is 0 Å². The Balaban J connectivity index is 1.25. The first-order chi connectivity index (χ1) is 54.6. The lowest BCUT2D eigenvalue weighted by atomic mass is 9.90. The molecule has 12 aromatic carbocycles. The number of hydrogen-bond acceptors (Lipinski definition) is 18. The van der Waals surface area contributed by atoms with Crippen LogP contribution < -0.4 is 37.9 Å². The Kier molecular flexibility index (Phi) is 17.6. The fourth-order valence-corrected chi connectivity index (χ4v) is 16.1. The van der Waals surface area contributed by atoms with Gasteiger partial charge in [0.05, 0.1) is 152 Å². The number of H-pyrrole nitrogens is 2. The average molecular weight is 1490 g/mol. The normalized spacial score (nSPS) is 11.5. The molecule has 554 valence electrons. The van der Waals surface area contributed by atoms with Crippen LogP contribution in [0.25, 0.3) is 176 Å². The lowest BCUT2D eigenvalue weighted by Gasteiger charge is -2.14. The fraction of sp³-hybridized carbons (Fsp3) is 0.130. The van der Waals surface area contributed by atoms with Crippen molar-refractivity contribution in [1.82, 2.24) is 19.9 Å². The van der Waals surface area contributed by atoms with E-state index in [-0.39, 0.29) is 0 Å². The van der Waals surface area contributed by atoms with Gasteiger partial charge in [-0.1, -0.05) is 48.5 Å². The maximum Gasteiger partial charge on any atom is 0.337 e. The van der Waals surface area contributed by atoms with Gasteiger partial charge in [-0.2, -0.15) is 0 Å². The first-order valence-corrected chi connectivity index (χ1v) is 35.6. The fourth-order valence-electron chi connectivity index (χ4n) is 16.1. The minimum atomic E-state index is -0.547. The number of nitrogens with one attached hydrogen (secondary N) is 2. The number of esters is 4. The van der Waals surface area contributed by atoms with Crippen LogP contribution in [0.4, 0.5) is 0 Å². The van der Waals surface area contributed by atoms with Gasteiger partial charge in [0.15, 0.2) is 0 Å². The SMILES string of the molecule is COC(=O)c1ccc(-c2c3nc(c(-c4ccc(C(=O)OC)cc4)c4[nH]c(c(-c5ccc(C(=O)OC)cc5)c5nc(c(-c6ccc(C(=O)OC)cc6)c6[nH]c2c2cc7c(OC)ccc(OC)c7cc62)-c2cc6c(OC)ccc(OC)c6cc2-5)c2cc5c(OC)ccc(OC)c5cc42)-c2cc4c(OC)ccc(OC)c4cc2-3)cc1. The minimum absolute atomic E-state index is 0.291. The van der Waals surface area contributed by atoms with E-state index >= 15 is 0 Å². The van der Waals surface area contributed by atoms with Gasteiger partial charge in [-0.05, 0) is 168 Å². The number of fused-ring (bicyclic) bond motifs is 4. The number of hydrogen-bond donors (Lipinski definition) is 2. The summed E-state index contributed by atoms with van der Waals surface area (Å²) in [7, 11) is 18.4. The molecule has 8 bridgehead atoms. The summed E-state index contributed by atoms with van der Waals surface area (Å²) in [5.74, 6) is 2.20. The summed E-state index contributed by atoms with van der Waals surface area (Å²) >= 11 is 0. The van der Waals surface area contributed by atoms with Crippen LogP contribution in [-0.2, 0) is 18.9 Å². The van der Waals surface area contributed by atoms with E-state index in [2.05, 4.69) is 58.5 Å². The standard InChI is InChI=1S/C92H70N4O16/c1-101-69-29-30-70(102-2)54-38-62-61(37-53(54)69)81-77(45-13-21-49(22-14-45)89(97)109-9)83-63-39-55-56(72(104-4)32-31-71(55)103-3)40-64(63)85(94-83)79(47-17-25-51(26-18-47)91(99)111-11)87-67-43-59-60(76(108-8)36-35-75(59)107-7)44-68(67)88(96-87)80(48-19-27-52(28-20-48)92(100)112-12)86-66-42-58-57(73(105-5)33-34-74(58)106-6)41-65(66)84(95-86)78(82(62)93-81)46-15-23-50(24-16-46)90(98)110-10/h13-44,93,96H,1-12H3. The Hall–Kier alpha value is -14.4. The highest BCUT2D eigenvalue weighted by Crippen LogP contribution is 2.56. The quantitative estimate of drug-likeness (QED) is 0.0675. The van der Waals surface area contributed by atoms with Gasteiger partial charge in [-0.25, -0.2) is 29.1 Å². The second-order valence-corrected chi connectivity index (χ2v) is 26.8. The summed E-state index contributed by atoms with van der Waals surface area (Å²) in [6.45, 7) is 0. The highest BCUT2D eigenvalue weighted by atomic mass is 16.5. The molecule has 0 spiro atoms. The van der Waals surface area contributed by atoms with Crippen LogP contribution in [0.5, 0.6) is 46.0 Å². The molecule has 112 heavy (non-hydrogen) atoms. The number of aromatic amines is 2. The minimum Gasteiger partial charge on any atom is -0.496 e. The van der Waals surface area contributed by atoms with E-state index in [1.54, 1.807) is 105 Å². The average Bonchev–Trinajstić information content (AvgIpc) is 1.59. The van der Waals surface area contributed by atoms with Gasteiger partial charge in [0.1, 0.15) is 46.0 Å². The van der Waals surface area contributed by atoms with Gasteiger partial charge < -0.3 is 66.8 Å². The van der Waals surface area contributed by atoms with Crippen LogP contribution in [0, 0.1) is 0 Å². The Morgan fingerprint density at radius 3 is 0.554 bits per heavy atom. The maximum atomic E-state index is 13.7. The molecule has 3 aliphatic rings. The first-order valence-electron chi connectivity index (χ1n) is 35.6. The van der Waals surface area contributed by atoms with Gasteiger partial charge in [-0.15, -0.1) is 0 Å². The number of nitrogens with zero attached hydrogens (tertiary/aromatic N) is 2. The lowest BCUT2D eigenvalue weighted by Crippen LogP contribution is -2.00. The molecule has 20 heteroatoms. The van der Waals surface area contributed by atoms with Crippen molar-refractivity contribution >= 4 is 111 Å². The highest BCUT2D eigenvalue weighted by molar-refractivity contribution is 6.26. The van der Waals surface area contributed by atoms with E-state index in [1.807, 2.05) is 97.1 Å². The third kappa shape index (κ3) is 11.1. The predicted octanol–water partition coefficient (Wildman–Crippen LogP) is 19.8. The van der Waals surface area contributed by atoms with Gasteiger partial charge in [0.25, 0.3) is 0 Å². The zero-order valence-corrected chi connectivity index (χ0v) is 62.9. The topological polar surface area (TPSA) is 236 Å². The second kappa shape index (κ2) is 28.0. The van der Waals surface area contributed by atoms with Crippen molar-refractivity contribution in [1.29, 1.82) is 0 Å². The van der Waals surface area contributed by atoms with Crippen molar-refractivity contribution in [3.8, 4) is 136 Å². The van der Waals surface area contributed by atoms with Crippen LogP contribution in [0.15, 0.2) is 194 Å². The van der Waals surface area contributed by atoms with Crippen LogP contribution in [0.1, 0.15) is 41.4 Å². The Morgan fingerprint density at radius 2 is 0.393 bits per heavy atom. The highest BCUT2D eigenvalue weighted by Gasteiger charge is 2.34. The molecule has 2 aliphatic heterocycles. The Bertz CT molecular complexity index is 5930. The van der Waals surface area contributed by atoms with Crippen LogP contribution in [0.3, 0.4) is 0 Å². The zero-order valence-electron chi connectivity index (χ0n) is 62.9. The molecule has 1 aliphatic carbocycles. The molecule has 0 radical (unpaired) electrons. The maximum absolute atomic E-state index is 13.7. The molecule has 17 rings (SSSR count). The van der Waals surface area contributed by atoms with Crippen LogP contribution in [-0.4, -0.2) is 129 Å². The first kappa shape index (κ1) is 70.6. The van der Waals surface area contributed by atoms with Crippen molar-refractivity contribution in [2.45, 2.75) is 0 Å². The van der Waals surface area contributed by atoms with E-state index < -0.39 is 23.9 Å². The van der Waals surface area contributed by atoms with Gasteiger partial charge in [-0.3, -0.25) is 0 Å². The molecule has 0 saturated heterocycles. The number of methoxy groups -OCH3 is 12. The van der Waals surface area contributed by atoms with Gasteiger partial charge >= 0.3 is 23.9 Å². The largest absolute Gasteiger partial charge is 0.496 e. The molecule has 14 aromatic rings. The van der Waals surface area contributed by atoms with E-state index in [1.165, 1.54) is 28.4 Å². The van der Waals surface area contributed by atoms with E-state index in [4.69, 9.17) is 66.8 Å². The van der Waals surface area contributed by atoms with Crippen molar-refractivity contribution in [2.24, 2.45) is 0 Å². The third-order valence-electron chi connectivity index (χ3n) is 21.4. The predicted molar refractivity (Wildman–Crippen MR) is 434 cm³/mol. The summed E-state index contributed by atoms with van der Waals surface area (Å²) in [6, 6.07) is 60.5. The molecular formula is C92H70N4O16. The zero-order chi connectivity index (χ0) is 77.7. The summed E-state index contributed by atoms with van der Waals surface area (Å²) < 4.78 is 71.7. The van der Waals surface area contributed by atoms with Gasteiger partial charge in [0.2, 0.25) is 0 Å². The smallest absolute Gasteiger partial charge is 0.337 e. The van der Waals surface area contributed by atoms with Crippen molar-refractivity contribution in [3.63, 3.8) is 0 Å². The molecular weight excluding hydrogens is 1420 g/mol. The molecule has 0 amide bonds. The summed E-state index contributed by atoms with van der Waals surface area (Å²) in [6.07, 6.45) is 0. The second-order valence-electron chi connectivity index (χ2n) is 26.8. The number of carbonyl (C=O) groups is 4. The number of carbonyl (C=O) groups excluding carboxylic acids is 4. The van der Waals surface area contributed by atoms with Gasteiger partial charge in [0, 0.05) is 109 Å². The van der Waals surface area contributed by atoms with Crippen molar-refractivity contribution < 1.29 is 76.0 Å². The van der Waals surface area contributed by atoms with E-state index in [0.29, 0.717) is 244 Å². The molecule has 2 N–H and O–H groups in total. The molecule has 0 unspecified atom stereocenters. The van der Waals surface area contributed by atoms with E-state index in [9.17, 15) is 19.2 Å². The molecule has 2 aromatic heterocycles. The Morgan fingerprint density at radius 1 is 0.223 bits per heavy atom. The molecule has 4 heterocycles. The summed E-state index contributed by atoms with van der Waals surface area (Å²) in [5.41, 5.74) is 12.5. The number of aromatic nitrogens is 4. The number of rotatable bonds is 16. The van der Waals surface area contributed by atoms with Crippen molar-refractivity contribution in [2.75, 3.05) is 85.3 Å². The summed E-state index contributed by atoms with van der Waals surface area (Å²) in [4.78, 5) is 75.5. The monoisotopic (exact) mass is 1490 g/mol. The lowest BCUT2D eigenvalue weighted by molar-refractivity contribution is 0.0592. The summed E-state index contributed by atoms with van der Waals surface area (Å²) in [5, 5.41) is 8.29. The third-order valence-corrected chi connectivity index (χ3v) is 21.4. The van der Waals surface area contributed by atoms with Crippen molar-refractivity contribution in [3.05, 3.63) is 216 Å². The molecule has 0 atom stereocenters. The van der Waals surface area contributed by atoms with Crippen LogP contribution in [0.2, 0.25) is 0 Å². The number of ether oxygens (including phenoxy) is 12. The molecule has 0 saturated carbocycles. The number of benzene rings is 12. The van der Waals surface area contributed by atoms with E-state index in [0.717, 1.165) is 0 Å².